The van der Waals surface area contributed by atoms with Crippen molar-refractivity contribution in [3.63, 3.8) is 0 Å². The number of benzene rings is 2. The van der Waals surface area contributed by atoms with E-state index in [1.165, 1.54) is 0 Å². The molecule has 0 bridgehead atoms. The molecule has 1 atom stereocenters. The molecule has 2 aromatic carbocycles. The first-order valence-electron chi connectivity index (χ1n) is 11.2. The van der Waals surface area contributed by atoms with Crippen molar-refractivity contribution in [1.29, 1.82) is 0 Å². The van der Waals surface area contributed by atoms with Crippen LogP contribution in [0.1, 0.15) is 35.7 Å². The summed E-state index contributed by atoms with van der Waals surface area (Å²) in [6.45, 7) is 3.82. The third-order valence-corrected chi connectivity index (χ3v) is 6.26. The van der Waals surface area contributed by atoms with Gasteiger partial charge in [-0.05, 0) is 36.0 Å². The molecule has 1 N–H and O–H groups in total. The summed E-state index contributed by atoms with van der Waals surface area (Å²) in [6, 6.07) is 18.6. The van der Waals surface area contributed by atoms with Crippen molar-refractivity contribution in [2.45, 2.75) is 32.7 Å². The van der Waals surface area contributed by atoms with Crippen LogP contribution in [0.2, 0.25) is 0 Å². The Morgan fingerprint density at radius 2 is 1.88 bits per heavy atom. The minimum absolute atomic E-state index is 0.0143. The minimum atomic E-state index is -0.640. The average molecular weight is 431 g/mol. The molecular formula is C26H30N4O2. The first-order chi connectivity index (χ1) is 15.5. The fraction of sp³-hybridized carbons (Fsp3) is 0.346. The normalized spacial score (nSPS) is 18.0. The molecule has 4 rings (SSSR count). The summed E-state index contributed by atoms with van der Waals surface area (Å²) in [5.74, 6) is -0.0734. The highest BCUT2D eigenvalue weighted by Crippen LogP contribution is 2.36. The standard InChI is InChI=1S/C26H30N4O2/c1-3-13-30-18-23(17-28-30)24(31)29-14-12-26(19-29,25(32)27-2)16-20-8-7-11-22(15-20)21-9-5-4-6-10-21/h4-11,15,17-18H,3,12-14,16,19H2,1-2H3,(H,27,32)/t26-/m0/s1. The van der Waals surface area contributed by atoms with Gasteiger partial charge < -0.3 is 10.2 Å². The SMILES string of the molecule is CCCn1cc(C(=O)N2CC[C@@](Cc3cccc(-c4ccccc4)c3)(C(=O)NC)C2)cn1. The van der Waals surface area contributed by atoms with Gasteiger partial charge in [0.2, 0.25) is 5.91 Å². The molecule has 6 heteroatoms. The van der Waals surface area contributed by atoms with Crippen LogP contribution in [0.3, 0.4) is 0 Å². The second kappa shape index (κ2) is 9.39. The van der Waals surface area contributed by atoms with Crippen LogP contribution in [0, 0.1) is 5.41 Å². The highest BCUT2D eigenvalue weighted by Gasteiger charge is 2.45. The maximum absolute atomic E-state index is 13.1. The van der Waals surface area contributed by atoms with Gasteiger partial charge in [-0.25, -0.2) is 0 Å². The summed E-state index contributed by atoms with van der Waals surface area (Å²) in [6.07, 6.45) is 5.61. The number of carbonyl (C=O) groups is 2. The summed E-state index contributed by atoms with van der Waals surface area (Å²) in [5.41, 5.74) is 3.32. The van der Waals surface area contributed by atoms with Crippen molar-refractivity contribution in [2.24, 2.45) is 5.41 Å². The third kappa shape index (κ3) is 4.44. The van der Waals surface area contributed by atoms with E-state index < -0.39 is 5.41 Å². The van der Waals surface area contributed by atoms with Gasteiger partial charge in [0.1, 0.15) is 0 Å². The number of nitrogens with zero attached hydrogens (tertiary/aromatic N) is 3. The van der Waals surface area contributed by atoms with Crippen molar-refractivity contribution in [2.75, 3.05) is 20.1 Å². The van der Waals surface area contributed by atoms with E-state index in [2.05, 4.69) is 47.7 Å². The van der Waals surface area contributed by atoms with Gasteiger partial charge in [-0.2, -0.15) is 5.10 Å². The molecule has 1 fully saturated rings. The lowest BCUT2D eigenvalue weighted by atomic mass is 9.79. The van der Waals surface area contributed by atoms with E-state index in [9.17, 15) is 9.59 Å². The Balaban J connectivity index is 1.55. The monoisotopic (exact) mass is 430 g/mol. The summed E-state index contributed by atoms with van der Waals surface area (Å²) < 4.78 is 1.80. The Kier molecular flexibility index (Phi) is 6.40. The van der Waals surface area contributed by atoms with E-state index in [1.54, 1.807) is 29.0 Å². The average Bonchev–Trinajstić information content (AvgIpc) is 3.47. The predicted octanol–water partition coefficient (Wildman–Crippen LogP) is 3.78. The van der Waals surface area contributed by atoms with Crippen LogP contribution in [0.25, 0.3) is 11.1 Å². The molecule has 0 radical (unpaired) electrons. The molecule has 1 aromatic heterocycles. The molecule has 0 aliphatic carbocycles. The molecule has 1 aliphatic rings. The zero-order valence-electron chi connectivity index (χ0n) is 18.8. The smallest absolute Gasteiger partial charge is 0.257 e. The zero-order chi connectivity index (χ0) is 22.6. The number of amides is 2. The molecule has 6 nitrogen and oxygen atoms in total. The van der Waals surface area contributed by atoms with Crippen LogP contribution in [0.5, 0.6) is 0 Å². The molecule has 0 unspecified atom stereocenters. The van der Waals surface area contributed by atoms with Crippen molar-refractivity contribution >= 4 is 11.8 Å². The van der Waals surface area contributed by atoms with Crippen LogP contribution in [-0.4, -0.2) is 46.6 Å². The molecule has 2 heterocycles. The number of aryl methyl sites for hydroxylation is 1. The van der Waals surface area contributed by atoms with Crippen molar-refractivity contribution in [3.8, 4) is 11.1 Å². The van der Waals surface area contributed by atoms with Crippen LogP contribution in [-0.2, 0) is 17.8 Å². The van der Waals surface area contributed by atoms with Gasteiger partial charge in [0, 0.05) is 32.9 Å². The van der Waals surface area contributed by atoms with E-state index in [0.717, 1.165) is 29.7 Å². The first-order valence-corrected chi connectivity index (χ1v) is 11.2. The molecule has 3 aromatic rings. The number of rotatable bonds is 7. The minimum Gasteiger partial charge on any atom is -0.359 e. The number of hydrogen-bond donors (Lipinski definition) is 1. The zero-order valence-corrected chi connectivity index (χ0v) is 18.8. The molecule has 0 spiro atoms. The Hall–Kier alpha value is -3.41. The Morgan fingerprint density at radius 1 is 1.09 bits per heavy atom. The molecular weight excluding hydrogens is 400 g/mol. The van der Waals surface area contributed by atoms with Crippen LogP contribution < -0.4 is 5.32 Å². The summed E-state index contributed by atoms with van der Waals surface area (Å²) in [5, 5.41) is 7.12. The lowest BCUT2D eigenvalue weighted by Gasteiger charge is -2.28. The second-order valence-electron chi connectivity index (χ2n) is 8.57. The molecule has 1 saturated heterocycles. The summed E-state index contributed by atoms with van der Waals surface area (Å²) in [4.78, 5) is 27.9. The molecule has 1 aliphatic heterocycles. The van der Waals surface area contributed by atoms with Gasteiger partial charge >= 0.3 is 0 Å². The second-order valence-corrected chi connectivity index (χ2v) is 8.57. The maximum Gasteiger partial charge on any atom is 0.257 e. The summed E-state index contributed by atoms with van der Waals surface area (Å²) in [7, 11) is 1.67. The first kappa shape index (κ1) is 21.8. The fourth-order valence-corrected chi connectivity index (χ4v) is 4.61. The highest BCUT2D eigenvalue weighted by molar-refractivity contribution is 5.95. The summed E-state index contributed by atoms with van der Waals surface area (Å²) >= 11 is 0. The van der Waals surface area contributed by atoms with E-state index >= 15 is 0 Å². The maximum atomic E-state index is 13.1. The van der Waals surface area contributed by atoms with Crippen LogP contribution in [0.4, 0.5) is 0 Å². The number of nitrogens with one attached hydrogen (secondary N) is 1. The number of likely N-dealkylation sites (tertiary alicyclic amines) is 1. The number of hydrogen-bond acceptors (Lipinski definition) is 3. The molecule has 32 heavy (non-hydrogen) atoms. The lowest BCUT2D eigenvalue weighted by molar-refractivity contribution is -0.129. The third-order valence-electron chi connectivity index (χ3n) is 6.26. The Morgan fingerprint density at radius 3 is 2.62 bits per heavy atom. The number of carbonyl (C=O) groups excluding carboxylic acids is 2. The van der Waals surface area contributed by atoms with Crippen LogP contribution >= 0.6 is 0 Å². The van der Waals surface area contributed by atoms with E-state index in [4.69, 9.17) is 0 Å². The van der Waals surface area contributed by atoms with Gasteiger partial charge in [-0.1, -0.05) is 61.5 Å². The van der Waals surface area contributed by atoms with E-state index in [-0.39, 0.29) is 11.8 Å². The van der Waals surface area contributed by atoms with Gasteiger partial charge in [0.15, 0.2) is 0 Å². The molecule has 166 valence electrons. The van der Waals surface area contributed by atoms with Gasteiger partial charge in [-0.3, -0.25) is 14.3 Å². The van der Waals surface area contributed by atoms with Crippen molar-refractivity contribution in [3.05, 3.63) is 78.1 Å². The van der Waals surface area contributed by atoms with Crippen LogP contribution in [0.15, 0.2) is 67.0 Å². The van der Waals surface area contributed by atoms with Crippen molar-refractivity contribution < 1.29 is 9.59 Å². The quantitative estimate of drug-likeness (QED) is 0.620. The van der Waals surface area contributed by atoms with E-state index in [0.29, 0.717) is 31.5 Å². The molecule has 0 saturated carbocycles. The lowest BCUT2D eigenvalue weighted by Crippen LogP contribution is -2.44. The highest BCUT2D eigenvalue weighted by atomic mass is 16.2. The van der Waals surface area contributed by atoms with Gasteiger partial charge in [0.05, 0.1) is 17.2 Å². The largest absolute Gasteiger partial charge is 0.359 e. The Bertz CT molecular complexity index is 1090. The van der Waals surface area contributed by atoms with Crippen molar-refractivity contribution in [1.82, 2.24) is 20.0 Å². The molecule has 2 amide bonds. The fourth-order valence-electron chi connectivity index (χ4n) is 4.61. The van der Waals surface area contributed by atoms with E-state index in [1.807, 2.05) is 24.3 Å². The topological polar surface area (TPSA) is 67.2 Å². The number of aromatic nitrogens is 2. The van der Waals surface area contributed by atoms with Gasteiger partial charge in [-0.15, -0.1) is 0 Å². The Labute approximate surface area is 189 Å². The predicted molar refractivity (Wildman–Crippen MR) is 125 cm³/mol. The van der Waals surface area contributed by atoms with Gasteiger partial charge in [0.25, 0.3) is 5.91 Å².